The van der Waals surface area contributed by atoms with Crippen LogP contribution in [0.25, 0.3) is 10.2 Å². The Balaban J connectivity index is 1.61. The maximum Gasteiger partial charge on any atom is 0.267 e. The number of thiazole rings is 1. The van der Waals surface area contributed by atoms with Gasteiger partial charge in [0.05, 0.1) is 44.2 Å². The van der Waals surface area contributed by atoms with Crippen LogP contribution in [-0.4, -0.2) is 54.7 Å². The van der Waals surface area contributed by atoms with E-state index in [1.165, 1.54) is 30.4 Å². The van der Waals surface area contributed by atoms with Crippen molar-refractivity contribution >= 4 is 47.3 Å². The predicted octanol–water partition coefficient (Wildman–Crippen LogP) is 3.67. The lowest BCUT2D eigenvalue weighted by molar-refractivity contribution is -0.131. The molecule has 0 saturated carbocycles. The lowest BCUT2D eigenvalue weighted by Crippen LogP contribution is -2.55. The molecule has 2 heterocycles. The van der Waals surface area contributed by atoms with E-state index in [1.54, 1.807) is 43.0 Å². The second-order valence-electron chi connectivity index (χ2n) is 9.91. The summed E-state index contributed by atoms with van der Waals surface area (Å²) >= 11 is 1.28. The number of rotatable bonds is 12. The summed E-state index contributed by atoms with van der Waals surface area (Å²) in [5.41, 5.74) is 10.5. The van der Waals surface area contributed by atoms with Gasteiger partial charge in [-0.15, -0.1) is 11.3 Å². The molecule has 4 aromatic rings. The van der Waals surface area contributed by atoms with Crippen LogP contribution in [-0.2, 0) is 37.5 Å². The largest absolute Gasteiger partial charge is 0.310 e. The van der Waals surface area contributed by atoms with Crippen LogP contribution in [0.15, 0.2) is 83.5 Å². The molecule has 1 unspecified atom stereocenters. The Bertz CT molecular complexity index is 1660. The fourth-order valence-electron chi connectivity index (χ4n) is 4.44. The molecule has 0 saturated heterocycles. The van der Waals surface area contributed by atoms with Gasteiger partial charge in [0.2, 0.25) is 5.91 Å². The van der Waals surface area contributed by atoms with Gasteiger partial charge in [0.1, 0.15) is 0 Å². The molecular formula is C28H32N4O5S3. The fraction of sp³-hybridized carbons (Fsp3) is 0.321. The first kappa shape index (κ1) is 29.8. The summed E-state index contributed by atoms with van der Waals surface area (Å²) in [4.78, 5) is 21.9. The van der Waals surface area contributed by atoms with E-state index in [2.05, 4.69) is 9.97 Å². The van der Waals surface area contributed by atoms with E-state index >= 15 is 0 Å². The van der Waals surface area contributed by atoms with Gasteiger partial charge < -0.3 is 5.73 Å². The summed E-state index contributed by atoms with van der Waals surface area (Å²) in [6.45, 7) is 3.20. The molecule has 9 nitrogen and oxygen atoms in total. The molecule has 40 heavy (non-hydrogen) atoms. The van der Waals surface area contributed by atoms with E-state index in [0.29, 0.717) is 20.9 Å². The van der Waals surface area contributed by atoms with Crippen LogP contribution in [0.5, 0.6) is 0 Å². The maximum atomic E-state index is 14.0. The van der Waals surface area contributed by atoms with Gasteiger partial charge in [0, 0.05) is 12.4 Å². The number of fused-ring (bicyclic) bond motifs is 1. The normalized spacial score (nSPS) is 14.5. The number of amides is 1. The van der Waals surface area contributed by atoms with Crippen molar-refractivity contribution in [3.8, 4) is 0 Å². The lowest BCUT2D eigenvalue weighted by Gasteiger charge is -2.34. The molecule has 212 valence electrons. The van der Waals surface area contributed by atoms with Gasteiger partial charge in [-0.25, -0.2) is 26.1 Å². The molecule has 0 aliphatic carbocycles. The second kappa shape index (κ2) is 12.5. The summed E-state index contributed by atoms with van der Waals surface area (Å²) < 4.78 is 55.2. The highest BCUT2D eigenvalue weighted by atomic mass is 32.2. The quantitative estimate of drug-likeness (QED) is 0.243. The van der Waals surface area contributed by atoms with Crippen molar-refractivity contribution in [3.63, 3.8) is 0 Å². The Hall–Kier alpha value is -3.19. The highest BCUT2D eigenvalue weighted by Gasteiger charge is 2.39. The van der Waals surface area contributed by atoms with E-state index in [9.17, 15) is 21.6 Å². The van der Waals surface area contributed by atoms with Crippen molar-refractivity contribution in [2.45, 2.75) is 37.8 Å². The fourth-order valence-corrected chi connectivity index (χ4v) is 8.53. The third-order valence-electron chi connectivity index (χ3n) is 6.68. The Morgan fingerprint density at radius 2 is 1.73 bits per heavy atom. The SMILES string of the molecule is CC(CS(=O)(=O)CCc1cccnc1)C(=O)N([C@H](N)[C@@H](C)Cc1ccccc1)S(=O)(=O)c1ccc2ncsc2c1. The molecule has 0 spiro atoms. The number of carbonyl (C=O) groups is 1. The number of benzene rings is 2. The lowest BCUT2D eigenvalue weighted by atomic mass is 9.98. The molecule has 3 atom stereocenters. The first-order valence-corrected chi connectivity index (χ1v) is 16.9. The first-order valence-electron chi connectivity index (χ1n) is 12.8. The highest BCUT2D eigenvalue weighted by molar-refractivity contribution is 7.91. The van der Waals surface area contributed by atoms with E-state index in [0.717, 1.165) is 11.1 Å². The van der Waals surface area contributed by atoms with Crippen molar-refractivity contribution in [1.29, 1.82) is 0 Å². The van der Waals surface area contributed by atoms with Crippen LogP contribution >= 0.6 is 11.3 Å². The van der Waals surface area contributed by atoms with Gasteiger partial charge in [-0.2, -0.15) is 0 Å². The zero-order valence-electron chi connectivity index (χ0n) is 22.3. The van der Waals surface area contributed by atoms with Crippen LogP contribution < -0.4 is 5.73 Å². The Morgan fingerprint density at radius 1 is 1.00 bits per heavy atom. The topological polar surface area (TPSA) is 140 Å². The number of carbonyl (C=O) groups excluding carboxylic acids is 1. The summed E-state index contributed by atoms with van der Waals surface area (Å²) in [6.07, 6.45) is 2.62. The summed E-state index contributed by atoms with van der Waals surface area (Å²) in [6, 6.07) is 17.3. The number of sulfone groups is 1. The second-order valence-corrected chi connectivity index (χ2v) is 14.8. The van der Waals surface area contributed by atoms with Crippen LogP contribution in [0.4, 0.5) is 0 Å². The zero-order valence-corrected chi connectivity index (χ0v) is 24.7. The molecule has 0 radical (unpaired) electrons. The molecule has 0 aliphatic heterocycles. The third kappa shape index (κ3) is 7.11. The number of pyridine rings is 1. The van der Waals surface area contributed by atoms with Crippen molar-refractivity contribution in [2.24, 2.45) is 17.6 Å². The van der Waals surface area contributed by atoms with Gasteiger partial charge >= 0.3 is 0 Å². The van der Waals surface area contributed by atoms with Gasteiger partial charge in [-0.3, -0.25) is 9.78 Å². The Labute approximate surface area is 239 Å². The standard InChI is InChI=1S/C28H32N4O5S3/c1-20(15-22-7-4-3-5-8-22)27(29)32(40(36,37)24-10-11-25-26(16-24)38-19-31-25)28(33)21(2)18-39(34,35)14-12-23-9-6-13-30-17-23/h3-11,13,16-17,19-21,27H,12,14-15,18,29H2,1-2H3/t20-,21?,27-/m0/s1. The van der Waals surface area contributed by atoms with Gasteiger partial charge in [-0.05, 0) is 54.2 Å². The Morgan fingerprint density at radius 3 is 2.42 bits per heavy atom. The number of aromatic nitrogens is 2. The number of hydrogen-bond acceptors (Lipinski definition) is 9. The van der Waals surface area contributed by atoms with Crippen molar-refractivity contribution < 1.29 is 21.6 Å². The van der Waals surface area contributed by atoms with E-state index < -0.39 is 49.5 Å². The minimum Gasteiger partial charge on any atom is -0.310 e. The molecule has 0 aliphatic rings. The number of hydrogen-bond donors (Lipinski definition) is 1. The molecule has 1 amide bonds. The minimum atomic E-state index is -4.43. The molecule has 0 fully saturated rings. The molecule has 12 heteroatoms. The van der Waals surface area contributed by atoms with E-state index in [-0.39, 0.29) is 17.1 Å². The van der Waals surface area contributed by atoms with Crippen LogP contribution in [0, 0.1) is 11.8 Å². The monoisotopic (exact) mass is 600 g/mol. The number of aryl methyl sites for hydroxylation is 1. The molecule has 2 aromatic heterocycles. The van der Waals surface area contributed by atoms with Crippen LogP contribution in [0.3, 0.4) is 0 Å². The van der Waals surface area contributed by atoms with Crippen molar-refractivity contribution in [1.82, 2.24) is 14.3 Å². The highest BCUT2D eigenvalue weighted by Crippen LogP contribution is 2.28. The third-order valence-corrected chi connectivity index (χ3v) is 11.1. The molecule has 2 N–H and O–H groups in total. The smallest absolute Gasteiger partial charge is 0.267 e. The summed E-state index contributed by atoms with van der Waals surface area (Å²) in [7, 11) is -8.13. The number of nitrogens with zero attached hydrogens (tertiary/aromatic N) is 3. The molecule has 0 bridgehead atoms. The first-order chi connectivity index (χ1) is 19.0. The van der Waals surface area contributed by atoms with Gasteiger partial charge in [-0.1, -0.05) is 50.2 Å². The van der Waals surface area contributed by atoms with Gasteiger partial charge in [0.15, 0.2) is 9.84 Å². The average Bonchev–Trinajstić information content (AvgIpc) is 3.41. The zero-order chi connectivity index (χ0) is 28.9. The Kier molecular flexibility index (Phi) is 9.34. The van der Waals surface area contributed by atoms with Crippen molar-refractivity contribution in [3.05, 3.63) is 89.7 Å². The minimum absolute atomic E-state index is 0.105. The van der Waals surface area contributed by atoms with Gasteiger partial charge in [0.25, 0.3) is 10.0 Å². The molecular weight excluding hydrogens is 569 g/mol. The maximum absolute atomic E-state index is 14.0. The van der Waals surface area contributed by atoms with E-state index in [1.807, 2.05) is 30.3 Å². The average molecular weight is 601 g/mol. The molecule has 2 aromatic carbocycles. The van der Waals surface area contributed by atoms with Crippen LogP contribution in [0.2, 0.25) is 0 Å². The summed E-state index contributed by atoms with van der Waals surface area (Å²) in [5, 5.41) is 0. The van der Waals surface area contributed by atoms with E-state index in [4.69, 9.17) is 5.73 Å². The van der Waals surface area contributed by atoms with Crippen molar-refractivity contribution in [2.75, 3.05) is 11.5 Å². The van der Waals surface area contributed by atoms with Crippen LogP contribution in [0.1, 0.15) is 25.0 Å². The predicted molar refractivity (Wildman–Crippen MR) is 157 cm³/mol. The molecule has 4 rings (SSSR count). The number of nitrogens with two attached hydrogens (primary N) is 1. The summed E-state index contributed by atoms with van der Waals surface area (Å²) in [5.74, 6) is -3.16. The number of sulfonamides is 1.